The highest BCUT2D eigenvalue weighted by Gasteiger charge is 2.32. The van der Waals surface area contributed by atoms with Gasteiger partial charge in [-0.1, -0.05) is 6.07 Å². The lowest BCUT2D eigenvalue weighted by Crippen LogP contribution is -2.11. The van der Waals surface area contributed by atoms with Crippen LogP contribution in [0.4, 0.5) is 4.79 Å². The molecule has 88 valence electrons. The van der Waals surface area contributed by atoms with Crippen LogP contribution in [0.5, 0.6) is 5.75 Å². The van der Waals surface area contributed by atoms with E-state index in [4.69, 9.17) is 4.74 Å². The summed E-state index contributed by atoms with van der Waals surface area (Å²) in [5.74, 6) is 1.46. The zero-order valence-corrected chi connectivity index (χ0v) is 9.38. The van der Waals surface area contributed by atoms with Gasteiger partial charge in [0.25, 0.3) is 0 Å². The maximum Gasteiger partial charge on any atom is 0.417 e. The first-order valence-electron chi connectivity index (χ1n) is 5.51. The van der Waals surface area contributed by atoms with E-state index in [1.54, 1.807) is 6.07 Å². The van der Waals surface area contributed by atoms with Gasteiger partial charge in [0.1, 0.15) is 17.1 Å². The number of nitrogens with zero attached hydrogens (tertiary/aromatic N) is 2. The highest BCUT2D eigenvalue weighted by atomic mass is 16.5. The molecule has 1 fully saturated rings. The Morgan fingerprint density at radius 3 is 2.88 bits per heavy atom. The molecule has 1 aliphatic carbocycles. The molecule has 0 saturated heterocycles. The van der Waals surface area contributed by atoms with Crippen molar-refractivity contribution in [2.75, 3.05) is 7.11 Å². The van der Waals surface area contributed by atoms with E-state index < -0.39 is 6.09 Å². The standard InChI is InChI=1S/C12H12N2O3/c1-17-9-4-2-3-8-10(9)14(12(15)16)11(13-8)7-5-6-7/h2-4,7H,5-6H2,1H3,(H,15,16). The van der Waals surface area contributed by atoms with Crippen LogP contribution in [0.2, 0.25) is 0 Å². The maximum absolute atomic E-state index is 11.4. The normalized spacial score (nSPS) is 15.1. The van der Waals surface area contributed by atoms with E-state index in [1.807, 2.05) is 12.1 Å². The monoisotopic (exact) mass is 232 g/mol. The molecule has 0 radical (unpaired) electrons. The molecule has 1 aromatic heterocycles. The summed E-state index contributed by atoms with van der Waals surface area (Å²) < 4.78 is 6.46. The van der Waals surface area contributed by atoms with Crippen LogP contribution >= 0.6 is 0 Å². The fraction of sp³-hybridized carbons (Fsp3) is 0.333. The third-order valence-corrected chi connectivity index (χ3v) is 3.02. The van der Waals surface area contributed by atoms with E-state index in [0.29, 0.717) is 22.6 Å². The van der Waals surface area contributed by atoms with Crippen molar-refractivity contribution >= 4 is 17.1 Å². The van der Waals surface area contributed by atoms with Crippen molar-refractivity contribution in [1.82, 2.24) is 9.55 Å². The molecule has 0 spiro atoms. The lowest BCUT2D eigenvalue weighted by atomic mass is 10.3. The minimum absolute atomic E-state index is 0.281. The summed E-state index contributed by atoms with van der Waals surface area (Å²) in [4.78, 5) is 15.8. The summed E-state index contributed by atoms with van der Waals surface area (Å²) in [5, 5.41) is 9.32. The third-order valence-electron chi connectivity index (χ3n) is 3.02. The van der Waals surface area contributed by atoms with Gasteiger partial charge >= 0.3 is 6.09 Å². The molecular weight excluding hydrogens is 220 g/mol. The Kier molecular flexibility index (Phi) is 2.07. The zero-order valence-electron chi connectivity index (χ0n) is 9.38. The van der Waals surface area contributed by atoms with Gasteiger partial charge in [0, 0.05) is 5.92 Å². The maximum atomic E-state index is 11.4. The van der Waals surface area contributed by atoms with E-state index in [9.17, 15) is 9.90 Å². The van der Waals surface area contributed by atoms with Gasteiger partial charge in [-0.15, -0.1) is 0 Å². The van der Waals surface area contributed by atoms with Crippen molar-refractivity contribution in [2.45, 2.75) is 18.8 Å². The number of para-hydroxylation sites is 1. The number of ether oxygens (including phenoxy) is 1. The first-order valence-corrected chi connectivity index (χ1v) is 5.51. The van der Waals surface area contributed by atoms with E-state index >= 15 is 0 Å². The molecule has 1 aliphatic rings. The number of imidazole rings is 1. The van der Waals surface area contributed by atoms with Crippen LogP contribution in [0, 0.1) is 0 Å². The predicted octanol–water partition coefficient (Wildman–Crippen LogP) is 2.45. The van der Waals surface area contributed by atoms with Gasteiger partial charge in [-0.05, 0) is 25.0 Å². The van der Waals surface area contributed by atoms with Crippen LogP contribution in [0.1, 0.15) is 24.6 Å². The summed E-state index contributed by atoms with van der Waals surface area (Å²) >= 11 is 0. The second kappa shape index (κ2) is 3.48. The minimum atomic E-state index is -1.00. The van der Waals surface area contributed by atoms with Crippen molar-refractivity contribution in [2.24, 2.45) is 0 Å². The van der Waals surface area contributed by atoms with E-state index in [0.717, 1.165) is 12.8 Å². The van der Waals surface area contributed by atoms with Crippen LogP contribution in [0.15, 0.2) is 18.2 Å². The first kappa shape index (κ1) is 10.1. The number of hydrogen-bond donors (Lipinski definition) is 1. The molecule has 1 N–H and O–H groups in total. The largest absolute Gasteiger partial charge is 0.494 e. The number of rotatable bonds is 2. The van der Waals surface area contributed by atoms with Crippen LogP contribution in [0.25, 0.3) is 11.0 Å². The van der Waals surface area contributed by atoms with E-state index in [-0.39, 0.29) is 5.92 Å². The molecule has 1 heterocycles. The van der Waals surface area contributed by atoms with Gasteiger partial charge in [-0.3, -0.25) is 0 Å². The smallest absolute Gasteiger partial charge is 0.417 e. The lowest BCUT2D eigenvalue weighted by molar-refractivity contribution is 0.196. The van der Waals surface area contributed by atoms with Gasteiger partial charge in [-0.2, -0.15) is 0 Å². The summed E-state index contributed by atoms with van der Waals surface area (Å²) in [6, 6.07) is 5.38. The zero-order chi connectivity index (χ0) is 12.0. The Labute approximate surface area is 97.6 Å². The molecule has 0 bridgehead atoms. The van der Waals surface area contributed by atoms with Crippen LogP contribution in [-0.4, -0.2) is 27.9 Å². The Hall–Kier alpha value is -2.04. The fourth-order valence-electron chi connectivity index (χ4n) is 2.09. The van der Waals surface area contributed by atoms with Crippen molar-refractivity contribution in [3.05, 3.63) is 24.0 Å². The predicted molar refractivity (Wildman–Crippen MR) is 61.7 cm³/mol. The van der Waals surface area contributed by atoms with Gasteiger partial charge in [-0.25, -0.2) is 14.3 Å². The molecule has 0 unspecified atom stereocenters. The van der Waals surface area contributed by atoms with Gasteiger partial charge in [0.05, 0.1) is 12.6 Å². The average Bonchev–Trinajstić information content (AvgIpc) is 3.08. The Morgan fingerprint density at radius 2 is 2.29 bits per heavy atom. The number of carbonyl (C=O) groups is 1. The van der Waals surface area contributed by atoms with E-state index in [2.05, 4.69) is 4.98 Å². The highest BCUT2D eigenvalue weighted by molar-refractivity contribution is 5.91. The summed E-state index contributed by atoms with van der Waals surface area (Å²) in [6.07, 6.45) is 1.02. The Bertz CT molecular complexity index is 599. The number of fused-ring (bicyclic) bond motifs is 1. The highest BCUT2D eigenvalue weighted by Crippen LogP contribution is 2.41. The molecule has 2 aromatic rings. The molecule has 0 amide bonds. The van der Waals surface area contributed by atoms with Crippen molar-refractivity contribution in [1.29, 1.82) is 0 Å². The SMILES string of the molecule is COc1cccc2nc(C3CC3)n(C(=O)O)c12. The molecule has 1 aromatic carbocycles. The number of benzene rings is 1. The van der Waals surface area contributed by atoms with Crippen molar-refractivity contribution in [3.8, 4) is 5.75 Å². The topological polar surface area (TPSA) is 64.4 Å². The van der Waals surface area contributed by atoms with Crippen LogP contribution < -0.4 is 4.74 Å². The number of carboxylic acid groups (broad SMARTS) is 1. The molecule has 17 heavy (non-hydrogen) atoms. The second-order valence-corrected chi connectivity index (χ2v) is 4.19. The molecule has 0 atom stereocenters. The lowest BCUT2D eigenvalue weighted by Gasteiger charge is -2.05. The number of methoxy groups -OCH3 is 1. The van der Waals surface area contributed by atoms with Gasteiger partial charge in [0.15, 0.2) is 0 Å². The second-order valence-electron chi connectivity index (χ2n) is 4.19. The minimum Gasteiger partial charge on any atom is -0.494 e. The molecule has 0 aliphatic heterocycles. The van der Waals surface area contributed by atoms with Crippen LogP contribution in [-0.2, 0) is 0 Å². The van der Waals surface area contributed by atoms with Gasteiger partial charge in [0.2, 0.25) is 0 Å². The summed E-state index contributed by atoms with van der Waals surface area (Å²) in [6.45, 7) is 0. The van der Waals surface area contributed by atoms with Crippen LogP contribution in [0.3, 0.4) is 0 Å². The van der Waals surface area contributed by atoms with Crippen molar-refractivity contribution in [3.63, 3.8) is 0 Å². The molecule has 5 heteroatoms. The summed E-state index contributed by atoms with van der Waals surface area (Å²) in [5.41, 5.74) is 1.22. The van der Waals surface area contributed by atoms with E-state index in [1.165, 1.54) is 11.7 Å². The molecule has 5 nitrogen and oxygen atoms in total. The van der Waals surface area contributed by atoms with Crippen molar-refractivity contribution < 1.29 is 14.6 Å². The molecule has 3 rings (SSSR count). The Morgan fingerprint density at radius 1 is 1.53 bits per heavy atom. The average molecular weight is 232 g/mol. The fourth-order valence-corrected chi connectivity index (χ4v) is 2.09. The van der Waals surface area contributed by atoms with Gasteiger partial charge < -0.3 is 9.84 Å². The summed E-state index contributed by atoms with van der Waals surface area (Å²) in [7, 11) is 1.53. The first-order chi connectivity index (χ1) is 8.22. The molecular formula is C12H12N2O3. The number of hydrogen-bond acceptors (Lipinski definition) is 3. The molecule has 1 saturated carbocycles. The third kappa shape index (κ3) is 1.46. The number of aromatic nitrogens is 2. The Balaban J connectivity index is 2.35. The quantitative estimate of drug-likeness (QED) is 0.863.